The Kier molecular flexibility index (Phi) is 5.85. The van der Waals surface area contributed by atoms with E-state index in [1.165, 1.54) is 23.5 Å². The van der Waals surface area contributed by atoms with Gasteiger partial charge in [0.2, 0.25) is 10.0 Å². The average Bonchev–Trinajstić information content (AvgIpc) is 2.89. The first-order valence-electron chi connectivity index (χ1n) is 8.51. The van der Waals surface area contributed by atoms with Gasteiger partial charge in [0.25, 0.3) is 0 Å². The van der Waals surface area contributed by atoms with Crippen molar-refractivity contribution in [3.63, 3.8) is 0 Å². The Balaban J connectivity index is 1.93. The predicted molar refractivity (Wildman–Crippen MR) is 99.8 cm³/mol. The van der Waals surface area contributed by atoms with Crippen molar-refractivity contribution < 1.29 is 17.5 Å². The second kappa shape index (κ2) is 7.94. The Morgan fingerprint density at radius 2 is 1.88 bits per heavy atom. The summed E-state index contributed by atoms with van der Waals surface area (Å²) in [5, 5.41) is 0.649. The highest BCUT2D eigenvalue weighted by Gasteiger charge is 2.32. The van der Waals surface area contributed by atoms with Crippen molar-refractivity contribution in [3.8, 4) is 5.75 Å². The van der Waals surface area contributed by atoms with Crippen LogP contribution in [-0.4, -0.2) is 32.9 Å². The van der Waals surface area contributed by atoms with Crippen LogP contribution in [0.25, 0.3) is 0 Å². The summed E-state index contributed by atoms with van der Waals surface area (Å²) in [6.45, 7) is 0.760. The van der Waals surface area contributed by atoms with Gasteiger partial charge in [-0.1, -0.05) is 30.2 Å². The van der Waals surface area contributed by atoms with Gasteiger partial charge in [-0.3, -0.25) is 0 Å². The summed E-state index contributed by atoms with van der Waals surface area (Å²) in [6.07, 6.45) is 2.59. The van der Waals surface area contributed by atoms with Crippen LogP contribution in [0.15, 0.2) is 47.4 Å². The molecule has 0 spiro atoms. The highest BCUT2D eigenvalue weighted by molar-refractivity contribution is 7.89. The smallest absolute Gasteiger partial charge is 0.246 e. The first-order chi connectivity index (χ1) is 12.4. The van der Waals surface area contributed by atoms with Gasteiger partial charge in [0.05, 0.1) is 7.11 Å². The van der Waals surface area contributed by atoms with Crippen LogP contribution in [0, 0.1) is 5.82 Å². The van der Waals surface area contributed by atoms with Crippen molar-refractivity contribution >= 4 is 21.6 Å². The number of benzene rings is 2. The fourth-order valence-corrected chi connectivity index (χ4v) is 5.14. The Morgan fingerprint density at radius 3 is 2.58 bits per heavy atom. The normalized spacial score (nSPS) is 19.1. The van der Waals surface area contributed by atoms with Crippen LogP contribution in [0.4, 0.5) is 4.39 Å². The van der Waals surface area contributed by atoms with Crippen molar-refractivity contribution in [3.05, 3.63) is 58.9 Å². The number of ether oxygens (including phenoxy) is 1. The van der Waals surface area contributed by atoms with Crippen LogP contribution in [-0.2, 0) is 10.0 Å². The SMILES string of the molecule is COc1ccc(F)cc1S(=O)(=O)N1CCCCC(c2ccc(Cl)cc2)C1. The van der Waals surface area contributed by atoms with E-state index in [9.17, 15) is 12.8 Å². The largest absolute Gasteiger partial charge is 0.495 e. The van der Waals surface area contributed by atoms with Crippen LogP contribution in [0.3, 0.4) is 0 Å². The molecule has 0 bridgehead atoms. The second-order valence-corrected chi connectivity index (χ2v) is 8.75. The van der Waals surface area contributed by atoms with Crippen molar-refractivity contribution in [2.75, 3.05) is 20.2 Å². The molecule has 140 valence electrons. The average molecular weight is 398 g/mol. The molecule has 1 fully saturated rings. The zero-order valence-electron chi connectivity index (χ0n) is 14.5. The Hall–Kier alpha value is -1.63. The number of rotatable bonds is 4. The summed E-state index contributed by atoms with van der Waals surface area (Å²) in [5.41, 5.74) is 1.06. The predicted octanol–water partition coefficient (Wildman–Crippen LogP) is 4.45. The highest BCUT2D eigenvalue weighted by Crippen LogP contribution is 2.33. The number of nitrogens with zero attached hydrogens (tertiary/aromatic N) is 1. The van der Waals surface area contributed by atoms with Gasteiger partial charge in [0.1, 0.15) is 16.5 Å². The molecule has 1 aliphatic heterocycles. The van der Waals surface area contributed by atoms with E-state index in [2.05, 4.69) is 0 Å². The highest BCUT2D eigenvalue weighted by atomic mass is 35.5. The third-order valence-electron chi connectivity index (χ3n) is 4.72. The lowest BCUT2D eigenvalue weighted by Crippen LogP contribution is -2.34. The Bertz CT molecular complexity index is 871. The zero-order valence-corrected chi connectivity index (χ0v) is 16.1. The first-order valence-corrected chi connectivity index (χ1v) is 10.3. The molecule has 7 heteroatoms. The van der Waals surface area contributed by atoms with E-state index in [0.717, 1.165) is 30.9 Å². The van der Waals surface area contributed by atoms with Crippen LogP contribution in [0.1, 0.15) is 30.7 Å². The molecule has 3 rings (SSSR count). The van der Waals surface area contributed by atoms with E-state index in [4.69, 9.17) is 16.3 Å². The molecule has 0 radical (unpaired) electrons. The zero-order chi connectivity index (χ0) is 18.7. The minimum atomic E-state index is -3.86. The molecule has 2 aromatic rings. The van der Waals surface area contributed by atoms with Gasteiger partial charge in [-0.15, -0.1) is 0 Å². The van der Waals surface area contributed by atoms with E-state index >= 15 is 0 Å². The third-order valence-corrected chi connectivity index (χ3v) is 6.86. The molecule has 1 aliphatic rings. The molecule has 2 aromatic carbocycles. The van der Waals surface area contributed by atoms with Crippen molar-refractivity contribution in [1.82, 2.24) is 4.31 Å². The summed E-state index contributed by atoms with van der Waals surface area (Å²) in [4.78, 5) is -0.128. The second-order valence-electron chi connectivity index (χ2n) is 6.40. The lowest BCUT2D eigenvalue weighted by molar-refractivity contribution is 0.384. The number of methoxy groups -OCH3 is 1. The topological polar surface area (TPSA) is 46.6 Å². The maximum atomic E-state index is 13.7. The fourth-order valence-electron chi connectivity index (χ4n) is 3.32. The third kappa shape index (κ3) is 4.03. The van der Waals surface area contributed by atoms with Gasteiger partial charge < -0.3 is 4.74 Å². The van der Waals surface area contributed by atoms with Crippen LogP contribution in [0.5, 0.6) is 5.75 Å². The molecule has 0 aromatic heterocycles. The monoisotopic (exact) mass is 397 g/mol. The Morgan fingerprint density at radius 1 is 1.15 bits per heavy atom. The van der Waals surface area contributed by atoms with Crippen molar-refractivity contribution in [2.45, 2.75) is 30.1 Å². The molecule has 1 heterocycles. The molecule has 1 unspecified atom stereocenters. The van der Waals surface area contributed by atoms with Gasteiger partial charge in [-0.05, 0) is 54.7 Å². The Labute approximate surface area is 158 Å². The summed E-state index contributed by atoms with van der Waals surface area (Å²) in [6, 6.07) is 11.1. The minimum Gasteiger partial charge on any atom is -0.495 e. The molecule has 0 N–H and O–H groups in total. The quantitative estimate of drug-likeness (QED) is 0.765. The van der Waals surface area contributed by atoms with Crippen molar-refractivity contribution in [1.29, 1.82) is 0 Å². The number of hydrogen-bond acceptors (Lipinski definition) is 3. The molecule has 26 heavy (non-hydrogen) atoms. The minimum absolute atomic E-state index is 0.0732. The molecule has 0 amide bonds. The maximum Gasteiger partial charge on any atom is 0.246 e. The van der Waals surface area contributed by atoms with E-state index < -0.39 is 15.8 Å². The number of halogens is 2. The fraction of sp³-hybridized carbons (Fsp3) is 0.368. The van der Waals surface area contributed by atoms with Gasteiger partial charge >= 0.3 is 0 Å². The lowest BCUT2D eigenvalue weighted by atomic mass is 9.95. The van der Waals surface area contributed by atoms with Gasteiger partial charge in [0, 0.05) is 18.1 Å². The molecule has 0 aliphatic carbocycles. The van der Waals surface area contributed by atoms with Crippen molar-refractivity contribution in [2.24, 2.45) is 0 Å². The molecular formula is C19H21ClFNO3S. The molecule has 1 saturated heterocycles. The number of hydrogen-bond donors (Lipinski definition) is 0. The van der Waals surface area contributed by atoms with Gasteiger partial charge in [-0.2, -0.15) is 4.31 Å². The summed E-state index contributed by atoms with van der Waals surface area (Å²) >= 11 is 5.96. The summed E-state index contributed by atoms with van der Waals surface area (Å²) < 4.78 is 46.6. The van der Waals surface area contributed by atoms with E-state index in [-0.39, 0.29) is 16.6 Å². The van der Waals surface area contributed by atoms with Gasteiger partial charge in [0.15, 0.2) is 0 Å². The van der Waals surface area contributed by atoms with E-state index in [0.29, 0.717) is 18.1 Å². The summed E-state index contributed by atoms with van der Waals surface area (Å²) in [5.74, 6) is -0.378. The first kappa shape index (κ1) is 19.1. The maximum absolute atomic E-state index is 13.7. The molecule has 1 atom stereocenters. The van der Waals surface area contributed by atoms with E-state index in [1.807, 2.05) is 24.3 Å². The summed E-state index contributed by atoms with van der Waals surface area (Å²) in [7, 11) is -2.48. The lowest BCUT2D eigenvalue weighted by Gasteiger charge is -2.25. The number of sulfonamides is 1. The molecular weight excluding hydrogens is 377 g/mol. The molecule has 4 nitrogen and oxygen atoms in total. The standard InChI is InChI=1S/C19H21ClFNO3S/c1-25-18-10-9-17(21)12-19(18)26(23,24)22-11-3-2-4-15(13-22)14-5-7-16(20)8-6-14/h5-10,12,15H,2-4,11,13H2,1H3. The van der Waals surface area contributed by atoms with Gasteiger partial charge in [-0.25, -0.2) is 12.8 Å². The molecule has 0 saturated carbocycles. The van der Waals surface area contributed by atoms with E-state index in [1.54, 1.807) is 0 Å². The van der Waals surface area contributed by atoms with Crippen LogP contribution >= 0.6 is 11.6 Å². The van der Waals surface area contributed by atoms with Crippen LogP contribution in [0.2, 0.25) is 5.02 Å². The van der Waals surface area contributed by atoms with Crippen LogP contribution < -0.4 is 4.74 Å².